The fraction of sp³-hybridized carbons (Fsp3) is 0.348. The van der Waals surface area contributed by atoms with Crippen LogP contribution < -0.4 is 10.1 Å². The van der Waals surface area contributed by atoms with Gasteiger partial charge < -0.3 is 10.1 Å². The molecule has 1 heterocycles. The summed E-state index contributed by atoms with van der Waals surface area (Å²) in [6.45, 7) is 6.47. The average molecular weight is 414 g/mol. The first-order valence-electron chi connectivity index (χ1n) is 9.89. The van der Waals surface area contributed by atoms with E-state index >= 15 is 0 Å². The normalized spacial score (nSPS) is 16.7. The van der Waals surface area contributed by atoms with Gasteiger partial charge in [0.15, 0.2) is 0 Å². The van der Waals surface area contributed by atoms with Crippen LogP contribution in [0.4, 0.5) is 5.69 Å². The zero-order valence-electron chi connectivity index (χ0n) is 17.0. The molecule has 0 bridgehead atoms. The van der Waals surface area contributed by atoms with E-state index in [-0.39, 0.29) is 11.9 Å². The van der Waals surface area contributed by atoms with Gasteiger partial charge in [0.25, 0.3) is 0 Å². The summed E-state index contributed by atoms with van der Waals surface area (Å²) in [6.07, 6.45) is 4.35. The molecule has 2 aromatic rings. The maximum absolute atomic E-state index is 12.7. The Hall–Kier alpha value is -2.34. The van der Waals surface area contributed by atoms with E-state index in [0.29, 0.717) is 16.5 Å². The number of nitrogens with one attached hydrogen (secondary N) is 1. The van der Waals surface area contributed by atoms with E-state index in [1.165, 1.54) is 5.56 Å². The van der Waals surface area contributed by atoms with E-state index in [1.807, 2.05) is 25.1 Å². The van der Waals surface area contributed by atoms with Gasteiger partial charge >= 0.3 is 0 Å². The first-order chi connectivity index (χ1) is 14.1. The average Bonchev–Trinajstić information content (AvgIpc) is 2.74. The van der Waals surface area contributed by atoms with E-state index in [1.54, 1.807) is 25.3 Å². The Labute approximate surface area is 177 Å². The van der Waals surface area contributed by atoms with Gasteiger partial charge in [-0.05, 0) is 30.7 Å². The third-order valence-electron chi connectivity index (χ3n) is 5.23. The Kier molecular flexibility index (Phi) is 7.69. The van der Waals surface area contributed by atoms with Crippen molar-refractivity contribution in [2.24, 2.45) is 0 Å². The van der Waals surface area contributed by atoms with Crippen LogP contribution in [0.3, 0.4) is 0 Å². The molecule has 5 nitrogen and oxygen atoms in total. The number of piperazine rings is 1. The molecule has 1 aliphatic heterocycles. The molecule has 0 unspecified atom stereocenters. The van der Waals surface area contributed by atoms with Crippen molar-refractivity contribution in [1.82, 2.24) is 9.80 Å². The van der Waals surface area contributed by atoms with Gasteiger partial charge in [-0.1, -0.05) is 54.1 Å². The topological polar surface area (TPSA) is 44.8 Å². The Morgan fingerprint density at radius 1 is 1.17 bits per heavy atom. The number of nitrogens with zero attached hydrogens (tertiary/aromatic N) is 2. The predicted molar refractivity (Wildman–Crippen MR) is 120 cm³/mol. The minimum absolute atomic E-state index is 0.0528. The molecule has 0 radical (unpaired) electrons. The second-order valence-electron chi connectivity index (χ2n) is 7.16. The predicted octanol–water partition coefficient (Wildman–Crippen LogP) is 4.01. The molecular formula is C23H28ClN3O2. The van der Waals surface area contributed by atoms with Gasteiger partial charge in [-0.25, -0.2) is 0 Å². The van der Waals surface area contributed by atoms with Crippen molar-refractivity contribution in [1.29, 1.82) is 0 Å². The van der Waals surface area contributed by atoms with Crippen LogP contribution in [0.2, 0.25) is 5.02 Å². The highest BCUT2D eigenvalue weighted by Crippen LogP contribution is 2.28. The minimum atomic E-state index is -0.222. The third kappa shape index (κ3) is 6.07. The van der Waals surface area contributed by atoms with Crippen LogP contribution in [0.1, 0.15) is 12.5 Å². The van der Waals surface area contributed by atoms with Gasteiger partial charge in [0, 0.05) is 37.7 Å². The third-order valence-corrected chi connectivity index (χ3v) is 5.46. The van der Waals surface area contributed by atoms with Crippen LogP contribution in [0, 0.1) is 0 Å². The number of amides is 1. The maximum Gasteiger partial charge on any atom is 0.241 e. The molecular weight excluding hydrogens is 386 g/mol. The molecule has 1 fully saturated rings. The number of rotatable bonds is 7. The Bertz CT molecular complexity index is 833. The van der Waals surface area contributed by atoms with Crippen LogP contribution in [0.15, 0.2) is 54.6 Å². The number of benzene rings is 2. The van der Waals surface area contributed by atoms with Crippen molar-refractivity contribution in [3.63, 3.8) is 0 Å². The van der Waals surface area contributed by atoms with Crippen molar-refractivity contribution in [3.8, 4) is 5.75 Å². The molecule has 0 saturated carbocycles. The lowest BCUT2D eigenvalue weighted by Crippen LogP contribution is -2.52. The Morgan fingerprint density at radius 3 is 2.59 bits per heavy atom. The summed E-state index contributed by atoms with van der Waals surface area (Å²) in [5.74, 6) is 0.549. The number of carbonyl (C=O) groups is 1. The standard InChI is InChI=1S/C23H28ClN3O2/c1-18(23(28)25-21-17-20(24)10-11-22(21)29-2)27-15-13-26(14-16-27)12-6-9-19-7-4-3-5-8-19/h3-11,17-18H,12-16H2,1-2H3,(H,25,28)/b9-6+/t18-/m0/s1. The molecule has 154 valence electrons. The number of hydrogen-bond donors (Lipinski definition) is 1. The Morgan fingerprint density at radius 2 is 1.90 bits per heavy atom. The van der Waals surface area contributed by atoms with Gasteiger partial charge in [-0.2, -0.15) is 0 Å². The number of hydrogen-bond acceptors (Lipinski definition) is 4. The zero-order chi connectivity index (χ0) is 20.6. The molecule has 1 atom stereocenters. The summed E-state index contributed by atoms with van der Waals surface area (Å²) in [7, 11) is 1.58. The first kappa shape index (κ1) is 21.4. The van der Waals surface area contributed by atoms with Crippen molar-refractivity contribution < 1.29 is 9.53 Å². The fourth-order valence-corrected chi connectivity index (χ4v) is 3.59. The van der Waals surface area contributed by atoms with Gasteiger partial charge in [-0.3, -0.25) is 14.6 Å². The number of anilines is 1. The smallest absolute Gasteiger partial charge is 0.241 e. The minimum Gasteiger partial charge on any atom is -0.495 e. The molecule has 1 saturated heterocycles. The van der Waals surface area contributed by atoms with Gasteiger partial charge in [0.1, 0.15) is 5.75 Å². The molecule has 0 aromatic heterocycles. The lowest BCUT2D eigenvalue weighted by atomic mass is 10.2. The molecule has 0 spiro atoms. The van der Waals surface area contributed by atoms with Crippen LogP contribution >= 0.6 is 11.6 Å². The summed E-state index contributed by atoms with van der Waals surface area (Å²) >= 11 is 6.05. The number of ether oxygens (including phenoxy) is 1. The summed E-state index contributed by atoms with van der Waals surface area (Å²) < 4.78 is 5.31. The van der Waals surface area contributed by atoms with Crippen molar-refractivity contribution in [2.75, 3.05) is 45.2 Å². The number of carbonyl (C=O) groups excluding carboxylic acids is 1. The fourth-order valence-electron chi connectivity index (χ4n) is 3.42. The summed E-state index contributed by atoms with van der Waals surface area (Å²) in [5.41, 5.74) is 1.81. The van der Waals surface area contributed by atoms with Crippen LogP contribution in [0.5, 0.6) is 5.75 Å². The molecule has 1 N–H and O–H groups in total. The van der Waals surface area contributed by atoms with E-state index in [9.17, 15) is 4.79 Å². The van der Waals surface area contributed by atoms with Gasteiger partial charge in [0.05, 0.1) is 18.8 Å². The van der Waals surface area contributed by atoms with Gasteiger partial charge in [-0.15, -0.1) is 0 Å². The highest BCUT2D eigenvalue weighted by molar-refractivity contribution is 6.31. The van der Waals surface area contributed by atoms with Crippen LogP contribution in [0.25, 0.3) is 6.08 Å². The van der Waals surface area contributed by atoms with Crippen molar-refractivity contribution in [3.05, 3.63) is 65.2 Å². The van der Waals surface area contributed by atoms with Crippen molar-refractivity contribution in [2.45, 2.75) is 13.0 Å². The zero-order valence-corrected chi connectivity index (χ0v) is 17.7. The molecule has 6 heteroatoms. The lowest BCUT2D eigenvalue weighted by Gasteiger charge is -2.37. The second-order valence-corrected chi connectivity index (χ2v) is 7.60. The quantitative estimate of drug-likeness (QED) is 0.745. The number of methoxy groups -OCH3 is 1. The Balaban J connectivity index is 1.48. The van der Waals surface area contributed by atoms with E-state index in [0.717, 1.165) is 32.7 Å². The van der Waals surface area contributed by atoms with Crippen molar-refractivity contribution >= 4 is 29.3 Å². The lowest BCUT2D eigenvalue weighted by molar-refractivity contribution is -0.121. The molecule has 29 heavy (non-hydrogen) atoms. The van der Waals surface area contributed by atoms with Crippen LogP contribution in [-0.4, -0.2) is 61.6 Å². The van der Waals surface area contributed by atoms with Crippen LogP contribution in [-0.2, 0) is 4.79 Å². The highest BCUT2D eigenvalue weighted by Gasteiger charge is 2.25. The summed E-state index contributed by atoms with van der Waals surface area (Å²) in [4.78, 5) is 17.3. The number of halogens is 1. The molecule has 2 aromatic carbocycles. The SMILES string of the molecule is COc1ccc(Cl)cc1NC(=O)[C@H](C)N1CCN(C/C=C/c2ccccc2)CC1. The first-order valence-corrected chi connectivity index (χ1v) is 10.3. The van der Waals surface area contributed by atoms with E-state index in [4.69, 9.17) is 16.3 Å². The molecule has 0 aliphatic carbocycles. The second kappa shape index (κ2) is 10.4. The van der Waals surface area contributed by atoms with E-state index < -0.39 is 0 Å². The monoisotopic (exact) mass is 413 g/mol. The molecule has 1 aliphatic rings. The largest absolute Gasteiger partial charge is 0.495 e. The van der Waals surface area contributed by atoms with E-state index in [2.05, 4.69) is 39.4 Å². The van der Waals surface area contributed by atoms with Gasteiger partial charge in [0.2, 0.25) is 5.91 Å². The molecule has 3 rings (SSSR count). The highest BCUT2D eigenvalue weighted by atomic mass is 35.5. The summed E-state index contributed by atoms with van der Waals surface area (Å²) in [6, 6.07) is 15.3. The summed E-state index contributed by atoms with van der Waals surface area (Å²) in [5, 5.41) is 3.51. The molecule has 1 amide bonds. The maximum atomic E-state index is 12.7.